The summed E-state index contributed by atoms with van der Waals surface area (Å²) in [5.41, 5.74) is 4.22. The molecule has 168 valence electrons. The summed E-state index contributed by atoms with van der Waals surface area (Å²) in [5.74, 6) is -0.204. The Labute approximate surface area is 178 Å². The van der Waals surface area contributed by atoms with Gasteiger partial charge in [-0.05, 0) is 51.3 Å². The summed E-state index contributed by atoms with van der Waals surface area (Å²) in [7, 11) is 0. The molecule has 0 bridgehead atoms. The minimum absolute atomic E-state index is 0.204. The van der Waals surface area contributed by atoms with Crippen molar-refractivity contribution in [3.8, 4) is 16.3 Å². The first-order chi connectivity index (χ1) is 14.2. The molecular weight excluding hydrogens is 419 g/mol. The third-order valence-corrected chi connectivity index (χ3v) is 5.67. The standard InChI is InChI=1S/C20H28F3N3O3S/c1-3-28-10-6-4-5-7-11-29-16-9-8-14(12-15(16)20(21,22)23)17-25-26-18(30-17)19(2,24)13-27/h8-9,12,27H,3-7,10-11,13,24H2,1-2H3. The van der Waals surface area contributed by atoms with Crippen LogP contribution in [0.5, 0.6) is 5.75 Å². The number of hydrogen-bond acceptors (Lipinski definition) is 7. The lowest BCUT2D eigenvalue weighted by atomic mass is 10.1. The van der Waals surface area contributed by atoms with Crippen molar-refractivity contribution in [3.05, 3.63) is 28.8 Å². The van der Waals surface area contributed by atoms with Crippen molar-refractivity contribution in [2.75, 3.05) is 26.4 Å². The van der Waals surface area contributed by atoms with Crippen molar-refractivity contribution in [2.45, 2.75) is 51.2 Å². The van der Waals surface area contributed by atoms with Gasteiger partial charge in [0, 0.05) is 18.8 Å². The number of aliphatic hydroxyl groups excluding tert-OH is 1. The zero-order valence-corrected chi connectivity index (χ0v) is 18.0. The first-order valence-corrected chi connectivity index (χ1v) is 10.7. The van der Waals surface area contributed by atoms with Crippen molar-refractivity contribution in [3.63, 3.8) is 0 Å². The fraction of sp³-hybridized carbons (Fsp3) is 0.600. The maximum Gasteiger partial charge on any atom is 0.419 e. The van der Waals surface area contributed by atoms with Crippen LogP contribution in [0.3, 0.4) is 0 Å². The molecule has 1 unspecified atom stereocenters. The van der Waals surface area contributed by atoms with Crippen LogP contribution in [0.1, 0.15) is 50.1 Å². The Bertz CT molecular complexity index is 797. The Balaban J connectivity index is 2.05. The maximum absolute atomic E-state index is 13.6. The van der Waals surface area contributed by atoms with Gasteiger partial charge in [0.25, 0.3) is 0 Å². The molecule has 0 amide bonds. The van der Waals surface area contributed by atoms with E-state index >= 15 is 0 Å². The van der Waals surface area contributed by atoms with Gasteiger partial charge in [0.2, 0.25) is 0 Å². The van der Waals surface area contributed by atoms with Crippen LogP contribution in [0.2, 0.25) is 0 Å². The lowest BCUT2D eigenvalue weighted by Gasteiger charge is -2.17. The first kappa shape index (κ1) is 24.5. The van der Waals surface area contributed by atoms with Crippen molar-refractivity contribution in [2.24, 2.45) is 5.73 Å². The fourth-order valence-electron chi connectivity index (χ4n) is 2.63. The van der Waals surface area contributed by atoms with Crippen LogP contribution in [-0.4, -0.2) is 41.7 Å². The molecule has 0 aliphatic heterocycles. The lowest BCUT2D eigenvalue weighted by Crippen LogP contribution is -2.36. The highest BCUT2D eigenvalue weighted by molar-refractivity contribution is 7.14. The van der Waals surface area contributed by atoms with Gasteiger partial charge in [-0.1, -0.05) is 17.8 Å². The molecular formula is C20H28F3N3O3S. The average Bonchev–Trinajstić information content (AvgIpc) is 3.20. The van der Waals surface area contributed by atoms with Gasteiger partial charge < -0.3 is 20.3 Å². The predicted molar refractivity (Wildman–Crippen MR) is 109 cm³/mol. The molecule has 1 atom stereocenters. The summed E-state index contributed by atoms with van der Waals surface area (Å²) < 4.78 is 51.4. The Kier molecular flexibility index (Phi) is 9.02. The normalized spacial score (nSPS) is 14.0. The highest BCUT2D eigenvalue weighted by Crippen LogP contribution is 2.39. The van der Waals surface area contributed by atoms with Gasteiger partial charge in [0.05, 0.1) is 24.3 Å². The van der Waals surface area contributed by atoms with Gasteiger partial charge >= 0.3 is 6.18 Å². The molecule has 0 aliphatic carbocycles. The van der Waals surface area contributed by atoms with Crippen LogP contribution >= 0.6 is 11.3 Å². The molecule has 10 heteroatoms. The fourth-order valence-corrected chi connectivity index (χ4v) is 3.52. The molecule has 0 saturated heterocycles. The molecule has 2 aromatic rings. The van der Waals surface area contributed by atoms with E-state index in [4.69, 9.17) is 15.2 Å². The van der Waals surface area contributed by atoms with E-state index < -0.39 is 17.3 Å². The SMILES string of the molecule is CCOCCCCCCOc1ccc(-c2nnc(C(C)(N)CO)s2)cc1C(F)(F)F. The number of halogens is 3. The third-order valence-electron chi connectivity index (χ3n) is 4.42. The summed E-state index contributed by atoms with van der Waals surface area (Å²) in [5, 5.41) is 17.8. The molecule has 1 heterocycles. The first-order valence-electron chi connectivity index (χ1n) is 9.85. The van der Waals surface area contributed by atoms with Crippen LogP contribution < -0.4 is 10.5 Å². The number of benzene rings is 1. The second kappa shape index (κ2) is 11.0. The monoisotopic (exact) mass is 447 g/mol. The van der Waals surface area contributed by atoms with E-state index in [1.54, 1.807) is 6.92 Å². The van der Waals surface area contributed by atoms with Crippen molar-refractivity contribution < 1.29 is 27.8 Å². The van der Waals surface area contributed by atoms with Gasteiger partial charge in [-0.25, -0.2) is 0 Å². The summed E-state index contributed by atoms with van der Waals surface area (Å²) in [6.45, 7) is 4.75. The Morgan fingerprint density at radius 2 is 1.80 bits per heavy atom. The van der Waals surface area contributed by atoms with Crippen LogP contribution in [-0.2, 0) is 16.5 Å². The molecule has 0 fully saturated rings. The number of alkyl halides is 3. The van der Waals surface area contributed by atoms with E-state index in [9.17, 15) is 18.3 Å². The van der Waals surface area contributed by atoms with Crippen molar-refractivity contribution in [1.29, 1.82) is 0 Å². The highest BCUT2D eigenvalue weighted by atomic mass is 32.1. The number of nitrogens with two attached hydrogens (primary N) is 1. The Hall–Kier alpha value is -1.75. The molecule has 0 aliphatic rings. The zero-order chi connectivity index (χ0) is 22.2. The number of aliphatic hydroxyl groups is 1. The van der Waals surface area contributed by atoms with Crippen LogP contribution in [0.4, 0.5) is 13.2 Å². The maximum atomic E-state index is 13.6. The molecule has 3 N–H and O–H groups in total. The van der Waals surface area contributed by atoms with E-state index in [0.717, 1.165) is 36.7 Å². The van der Waals surface area contributed by atoms with E-state index in [-0.39, 0.29) is 24.5 Å². The third kappa shape index (κ3) is 6.90. The number of aromatic nitrogens is 2. The van der Waals surface area contributed by atoms with Gasteiger partial charge in [0.15, 0.2) is 0 Å². The predicted octanol–water partition coefficient (Wildman–Crippen LogP) is 4.37. The van der Waals surface area contributed by atoms with Gasteiger partial charge in [-0.15, -0.1) is 10.2 Å². The Morgan fingerprint density at radius 3 is 2.43 bits per heavy atom. The second-order valence-corrected chi connectivity index (χ2v) is 8.13. The minimum atomic E-state index is -4.57. The van der Waals surface area contributed by atoms with E-state index in [1.807, 2.05) is 6.92 Å². The van der Waals surface area contributed by atoms with Crippen LogP contribution in [0, 0.1) is 0 Å². The van der Waals surface area contributed by atoms with Gasteiger partial charge in [0.1, 0.15) is 15.8 Å². The molecule has 1 aromatic heterocycles. The number of nitrogens with zero attached hydrogens (tertiary/aromatic N) is 2. The summed E-state index contributed by atoms with van der Waals surface area (Å²) in [4.78, 5) is 0. The molecule has 0 spiro atoms. The number of rotatable bonds is 12. The van der Waals surface area contributed by atoms with E-state index in [0.29, 0.717) is 29.6 Å². The van der Waals surface area contributed by atoms with Gasteiger partial charge in [-0.3, -0.25) is 0 Å². The van der Waals surface area contributed by atoms with Crippen LogP contribution in [0.25, 0.3) is 10.6 Å². The lowest BCUT2D eigenvalue weighted by molar-refractivity contribution is -0.138. The smallest absolute Gasteiger partial charge is 0.419 e. The highest BCUT2D eigenvalue weighted by Gasteiger charge is 2.35. The molecule has 0 saturated carbocycles. The van der Waals surface area contributed by atoms with Gasteiger partial charge in [-0.2, -0.15) is 13.2 Å². The topological polar surface area (TPSA) is 90.5 Å². The summed E-state index contributed by atoms with van der Waals surface area (Å²) in [6, 6.07) is 3.83. The molecule has 6 nitrogen and oxygen atoms in total. The summed E-state index contributed by atoms with van der Waals surface area (Å²) in [6.07, 6.45) is -1.16. The summed E-state index contributed by atoms with van der Waals surface area (Å²) >= 11 is 1.05. The number of hydrogen-bond donors (Lipinski definition) is 2. The van der Waals surface area contributed by atoms with Crippen LogP contribution in [0.15, 0.2) is 18.2 Å². The van der Waals surface area contributed by atoms with Crippen molar-refractivity contribution in [1.82, 2.24) is 10.2 Å². The second-order valence-electron chi connectivity index (χ2n) is 7.16. The average molecular weight is 448 g/mol. The Morgan fingerprint density at radius 1 is 1.10 bits per heavy atom. The molecule has 2 rings (SSSR count). The van der Waals surface area contributed by atoms with E-state index in [1.165, 1.54) is 12.1 Å². The quantitative estimate of drug-likeness (QED) is 0.470. The number of ether oxygens (including phenoxy) is 2. The molecule has 0 radical (unpaired) electrons. The van der Waals surface area contributed by atoms with Crippen molar-refractivity contribution >= 4 is 11.3 Å². The molecule has 1 aromatic carbocycles. The van der Waals surface area contributed by atoms with E-state index in [2.05, 4.69) is 10.2 Å². The number of unbranched alkanes of at least 4 members (excludes halogenated alkanes) is 3. The minimum Gasteiger partial charge on any atom is -0.493 e. The molecule has 30 heavy (non-hydrogen) atoms. The zero-order valence-electron chi connectivity index (χ0n) is 17.2. The largest absolute Gasteiger partial charge is 0.493 e.